The van der Waals surface area contributed by atoms with Gasteiger partial charge in [0.25, 0.3) is 0 Å². The molecule has 7 nitrogen and oxygen atoms in total. The lowest BCUT2D eigenvalue weighted by Crippen LogP contribution is -2.48. The molecular weight excluding hydrogens is 488 g/mol. The summed E-state index contributed by atoms with van der Waals surface area (Å²) in [7, 11) is 0. The zero-order valence-corrected chi connectivity index (χ0v) is 24.3. The van der Waals surface area contributed by atoms with E-state index in [0.29, 0.717) is 12.5 Å². The molecule has 1 aliphatic heterocycles. The van der Waals surface area contributed by atoms with Crippen LogP contribution in [0.3, 0.4) is 0 Å². The fraction of sp³-hybridized carbons (Fsp3) is 0.562. The van der Waals surface area contributed by atoms with Gasteiger partial charge in [0.2, 0.25) is 5.91 Å². The van der Waals surface area contributed by atoms with E-state index >= 15 is 0 Å². The molecule has 0 bridgehead atoms. The van der Waals surface area contributed by atoms with Crippen LogP contribution in [-0.4, -0.2) is 63.4 Å². The maximum atomic E-state index is 12.2. The molecule has 39 heavy (non-hydrogen) atoms. The van der Waals surface area contributed by atoms with Crippen LogP contribution >= 0.6 is 0 Å². The van der Waals surface area contributed by atoms with Crippen molar-refractivity contribution in [2.45, 2.75) is 78.6 Å². The minimum Gasteiger partial charge on any atom is -0.388 e. The Kier molecular flexibility index (Phi) is 7.86. The van der Waals surface area contributed by atoms with Crippen LogP contribution in [0.15, 0.2) is 36.4 Å². The standard InChI is InChI=1S/C32H44N4O3/c1-20(2)31(37)34-26-9-8-24-14-23(15-25(24)16-26)17-35-12-11-29(30(18-35)39-19-32(5,6)38)36-22(4)33-27-13-21(3)7-10-28(27)36/h7-10,13,16,20,23,29-30,38H,11-12,14-15,17-19H2,1-6H3,(H,34,37)/t23-,29-,30-/m1/s1. The van der Waals surface area contributed by atoms with Gasteiger partial charge in [-0.2, -0.15) is 0 Å². The normalized spacial score (nSPS) is 22.0. The van der Waals surface area contributed by atoms with Crippen LogP contribution in [0.2, 0.25) is 0 Å². The summed E-state index contributed by atoms with van der Waals surface area (Å²) in [6.07, 6.45) is 3.03. The van der Waals surface area contributed by atoms with Crippen molar-refractivity contribution in [2.75, 3.05) is 31.6 Å². The van der Waals surface area contributed by atoms with E-state index in [9.17, 15) is 9.90 Å². The number of nitrogens with one attached hydrogen (secondary N) is 1. The molecule has 0 radical (unpaired) electrons. The van der Waals surface area contributed by atoms with Crippen molar-refractivity contribution in [3.8, 4) is 0 Å². The number of aromatic nitrogens is 2. The van der Waals surface area contributed by atoms with E-state index in [2.05, 4.69) is 59.0 Å². The van der Waals surface area contributed by atoms with Crippen LogP contribution in [0.25, 0.3) is 11.0 Å². The van der Waals surface area contributed by atoms with Crippen LogP contribution in [-0.2, 0) is 22.4 Å². The lowest BCUT2D eigenvalue weighted by Gasteiger charge is -2.41. The van der Waals surface area contributed by atoms with Crippen molar-refractivity contribution in [1.29, 1.82) is 0 Å². The SMILES string of the molecule is Cc1ccc2c(c1)nc(C)n2[C@@H]1CCN(C[C@@H]2Cc3ccc(NC(=O)C(C)C)cc3C2)C[C@H]1OCC(C)(C)O. The molecule has 7 heteroatoms. The molecular formula is C32H44N4O3. The predicted molar refractivity (Wildman–Crippen MR) is 156 cm³/mol. The van der Waals surface area contributed by atoms with E-state index in [-0.39, 0.29) is 24.0 Å². The molecule has 1 amide bonds. The number of piperidine rings is 1. The van der Waals surface area contributed by atoms with Gasteiger partial charge in [-0.1, -0.05) is 26.0 Å². The summed E-state index contributed by atoms with van der Waals surface area (Å²) >= 11 is 0. The molecule has 5 rings (SSSR count). The number of fused-ring (bicyclic) bond motifs is 2. The number of ether oxygens (including phenoxy) is 1. The molecule has 2 N–H and O–H groups in total. The highest BCUT2D eigenvalue weighted by molar-refractivity contribution is 5.92. The first-order chi connectivity index (χ1) is 18.5. The highest BCUT2D eigenvalue weighted by Gasteiger charge is 2.35. The molecule has 3 aromatic rings. The Morgan fingerprint density at radius 2 is 1.92 bits per heavy atom. The number of carbonyl (C=O) groups excluding carboxylic acids is 1. The van der Waals surface area contributed by atoms with Gasteiger partial charge in [-0.15, -0.1) is 0 Å². The van der Waals surface area contributed by atoms with Crippen LogP contribution < -0.4 is 5.32 Å². The van der Waals surface area contributed by atoms with Gasteiger partial charge < -0.3 is 24.6 Å². The van der Waals surface area contributed by atoms with Crippen LogP contribution in [0.1, 0.15) is 62.7 Å². The third-order valence-corrected chi connectivity index (χ3v) is 8.14. The molecule has 0 spiro atoms. The molecule has 3 atom stereocenters. The molecule has 1 saturated heterocycles. The van der Waals surface area contributed by atoms with Crippen molar-refractivity contribution in [3.63, 3.8) is 0 Å². The summed E-state index contributed by atoms with van der Waals surface area (Å²) < 4.78 is 8.82. The van der Waals surface area contributed by atoms with Crippen LogP contribution in [0.5, 0.6) is 0 Å². The molecule has 0 unspecified atom stereocenters. The third kappa shape index (κ3) is 6.37. The van der Waals surface area contributed by atoms with Gasteiger partial charge >= 0.3 is 0 Å². The Hall–Kier alpha value is -2.74. The Morgan fingerprint density at radius 1 is 1.15 bits per heavy atom. The number of likely N-dealkylation sites (tertiary alicyclic amines) is 1. The van der Waals surface area contributed by atoms with Crippen LogP contribution in [0, 0.1) is 25.7 Å². The number of carbonyl (C=O) groups is 1. The zero-order chi connectivity index (χ0) is 27.9. The fourth-order valence-electron chi connectivity index (χ4n) is 6.22. The number of anilines is 1. The number of rotatable bonds is 8. The number of hydrogen-bond acceptors (Lipinski definition) is 5. The summed E-state index contributed by atoms with van der Waals surface area (Å²) in [5, 5.41) is 13.5. The largest absolute Gasteiger partial charge is 0.388 e. The summed E-state index contributed by atoms with van der Waals surface area (Å²) in [6.45, 7) is 14.8. The topological polar surface area (TPSA) is 79.6 Å². The Labute approximate surface area is 232 Å². The van der Waals surface area contributed by atoms with E-state index in [1.54, 1.807) is 13.8 Å². The molecule has 2 aromatic carbocycles. The van der Waals surface area contributed by atoms with Crippen molar-refractivity contribution in [2.24, 2.45) is 11.8 Å². The third-order valence-electron chi connectivity index (χ3n) is 8.14. The number of benzene rings is 2. The number of nitrogens with zero attached hydrogens (tertiary/aromatic N) is 3. The average Bonchev–Trinajstić information content (AvgIpc) is 3.40. The summed E-state index contributed by atoms with van der Waals surface area (Å²) in [5.74, 6) is 1.58. The van der Waals surface area contributed by atoms with Crippen LogP contribution in [0.4, 0.5) is 5.69 Å². The van der Waals surface area contributed by atoms with Crippen molar-refractivity contribution < 1.29 is 14.6 Å². The maximum Gasteiger partial charge on any atom is 0.226 e. The van der Waals surface area contributed by atoms with E-state index < -0.39 is 5.60 Å². The minimum atomic E-state index is -0.883. The number of aryl methyl sites for hydroxylation is 2. The molecule has 2 heterocycles. The second-order valence-corrected chi connectivity index (χ2v) is 12.7. The first-order valence-corrected chi connectivity index (χ1v) is 14.4. The monoisotopic (exact) mass is 532 g/mol. The van der Waals surface area contributed by atoms with E-state index in [1.807, 2.05) is 19.9 Å². The first kappa shape index (κ1) is 27.8. The van der Waals surface area contributed by atoms with Crippen molar-refractivity contribution >= 4 is 22.6 Å². The van der Waals surface area contributed by atoms with Gasteiger partial charge in [0.1, 0.15) is 5.82 Å². The second-order valence-electron chi connectivity index (χ2n) is 12.7. The molecule has 1 aromatic heterocycles. The number of imidazole rings is 1. The smallest absolute Gasteiger partial charge is 0.226 e. The van der Waals surface area contributed by atoms with Gasteiger partial charge in [0.15, 0.2) is 0 Å². The van der Waals surface area contributed by atoms with Gasteiger partial charge in [-0.25, -0.2) is 4.98 Å². The Bertz CT molecular complexity index is 1340. The molecule has 210 valence electrons. The van der Waals surface area contributed by atoms with E-state index in [0.717, 1.165) is 61.4 Å². The van der Waals surface area contributed by atoms with Gasteiger partial charge in [-0.3, -0.25) is 4.79 Å². The van der Waals surface area contributed by atoms with Crippen molar-refractivity contribution in [1.82, 2.24) is 14.5 Å². The maximum absolute atomic E-state index is 12.2. The molecule has 2 aliphatic rings. The summed E-state index contributed by atoms with van der Waals surface area (Å²) in [4.78, 5) is 19.6. The fourth-order valence-corrected chi connectivity index (χ4v) is 6.22. The molecule has 1 aliphatic carbocycles. The predicted octanol–water partition coefficient (Wildman–Crippen LogP) is 5.07. The van der Waals surface area contributed by atoms with E-state index in [4.69, 9.17) is 9.72 Å². The number of hydrogen-bond donors (Lipinski definition) is 2. The Morgan fingerprint density at radius 3 is 2.67 bits per heavy atom. The Balaban J connectivity index is 1.29. The van der Waals surface area contributed by atoms with Crippen molar-refractivity contribution in [3.05, 3.63) is 58.9 Å². The summed E-state index contributed by atoms with van der Waals surface area (Å²) in [5.41, 5.74) is 6.15. The van der Waals surface area contributed by atoms with E-state index in [1.165, 1.54) is 16.7 Å². The molecule has 0 saturated carbocycles. The van der Waals surface area contributed by atoms with Gasteiger partial charge in [0, 0.05) is 31.2 Å². The zero-order valence-electron chi connectivity index (χ0n) is 24.3. The quantitative estimate of drug-likeness (QED) is 0.424. The lowest BCUT2D eigenvalue weighted by molar-refractivity contribution is -0.118. The van der Waals surface area contributed by atoms with Gasteiger partial charge in [-0.05, 0) is 93.8 Å². The average molecular weight is 533 g/mol. The minimum absolute atomic E-state index is 0.0336. The summed E-state index contributed by atoms with van der Waals surface area (Å²) in [6, 6.07) is 13.0. The lowest BCUT2D eigenvalue weighted by atomic mass is 9.97. The number of aliphatic hydroxyl groups is 1. The highest BCUT2D eigenvalue weighted by Crippen LogP contribution is 2.34. The van der Waals surface area contributed by atoms with Gasteiger partial charge in [0.05, 0.1) is 35.4 Å². The first-order valence-electron chi connectivity index (χ1n) is 14.4. The highest BCUT2D eigenvalue weighted by atomic mass is 16.5. The number of amides is 1. The second kappa shape index (κ2) is 11.0. The molecule has 1 fully saturated rings.